The normalized spacial score (nSPS) is 37.5. The van der Waals surface area contributed by atoms with Gasteiger partial charge in [0, 0.05) is 19.1 Å². The SMILES string of the molecule is CC(N)C1CC(O)CCO1. The molecule has 3 nitrogen and oxygen atoms in total. The zero-order valence-electron chi connectivity index (χ0n) is 6.29. The summed E-state index contributed by atoms with van der Waals surface area (Å²) in [7, 11) is 0. The molecule has 3 unspecified atom stereocenters. The van der Waals surface area contributed by atoms with Crippen LogP contribution in [-0.2, 0) is 4.74 Å². The molecule has 0 saturated carbocycles. The van der Waals surface area contributed by atoms with Crippen LogP contribution in [0.4, 0.5) is 0 Å². The summed E-state index contributed by atoms with van der Waals surface area (Å²) >= 11 is 0. The average molecular weight is 145 g/mol. The van der Waals surface area contributed by atoms with Crippen LogP contribution in [0.3, 0.4) is 0 Å². The highest BCUT2D eigenvalue weighted by Gasteiger charge is 2.23. The second-order valence-corrected chi connectivity index (χ2v) is 2.95. The van der Waals surface area contributed by atoms with Gasteiger partial charge in [-0.05, 0) is 13.3 Å². The third-order valence-electron chi connectivity index (χ3n) is 1.87. The highest BCUT2D eigenvalue weighted by atomic mass is 16.5. The molecular weight excluding hydrogens is 130 g/mol. The van der Waals surface area contributed by atoms with Gasteiger partial charge >= 0.3 is 0 Å². The summed E-state index contributed by atoms with van der Waals surface area (Å²) < 4.78 is 5.32. The van der Waals surface area contributed by atoms with Crippen molar-refractivity contribution in [3.63, 3.8) is 0 Å². The van der Waals surface area contributed by atoms with E-state index in [2.05, 4.69) is 0 Å². The molecule has 3 atom stereocenters. The van der Waals surface area contributed by atoms with E-state index in [1.165, 1.54) is 0 Å². The predicted molar refractivity (Wildman–Crippen MR) is 38.6 cm³/mol. The molecule has 0 amide bonds. The van der Waals surface area contributed by atoms with E-state index in [0.717, 1.165) is 6.42 Å². The van der Waals surface area contributed by atoms with Gasteiger partial charge in [-0.15, -0.1) is 0 Å². The van der Waals surface area contributed by atoms with Gasteiger partial charge in [0.05, 0.1) is 12.2 Å². The number of rotatable bonds is 1. The lowest BCUT2D eigenvalue weighted by Crippen LogP contribution is -2.40. The van der Waals surface area contributed by atoms with Crippen LogP contribution >= 0.6 is 0 Å². The minimum absolute atomic E-state index is 0.0370. The molecular formula is C7H15NO2. The van der Waals surface area contributed by atoms with E-state index in [1.807, 2.05) is 6.92 Å². The van der Waals surface area contributed by atoms with Crippen molar-refractivity contribution >= 4 is 0 Å². The molecule has 0 bridgehead atoms. The second-order valence-electron chi connectivity index (χ2n) is 2.95. The molecule has 0 radical (unpaired) electrons. The number of ether oxygens (including phenoxy) is 1. The molecule has 0 aromatic heterocycles. The molecule has 1 aliphatic rings. The molecule has 60 valence electrons. The molecule has 3 heteroatoms. The van der Waals surface area contributed by atoms with Crippen LogP contribution in [0.2, 0.25) is 0 Å². The maximum Gasteiger partial charge on any atom is 0.0747 e. The topological polar surface area (TPSA) is 55.5 Å². The Morgan fingerprint density at radius 3 is 2.80 bits per heavy atom. The molecule has 0 aromatic rings. The third-order valence-corrected chi connectivity index (χ3v) is 1.87. The number of hydrogen-bond donors (Lipinski definition) is 2. The Kier molecular flexibility index (Phi) is 2.65. The van der Waals surface area contributed by atoms with Crippen molar-refractivity contribution < 1.29 is 9.84 Å². The van der Waals surface area contributed by atoms with Gasteiger partial charge in [0.25, 0.3) is 0 Å². The van der Waals surface area contributed by atoms with E-state index < -0.39 is 0 Å². The monoisotopic (exact) mass is 145 g/mol. The fourth-order valence-corrected chi connectivity index (χ4v) is 1.18. The smallest absolute Gasteiger partial charge is 0.0747 e. The lowest BCUT2D eigenvalue weighted by atomic mass is 10.0. The van der Waals surface area contributed by atoms with Crippen molar-refractivity contribution in [1.29, 1.82) is 0 Å². The Balaban J connectivity index is 2.32. The number of hydrogen-bond acceptors (Lipinski definition) is 3. The molecule has 3 N–H and O–H groups in total. The van der Waals surface area contributed by atoms with Crippen LogP contribution in [0.5, 0.6) is 0 Å². The molecule has 1 rings (SSSR count). The zero-order valence-corrected chi connectivity index (χ0v) is 6.29. The Bertz CT molecular complexity index is 106. The van der Waals surface area contributed by atoms with Gasteiger partial charge in [-0.25, -0.2) is 0 Å². The first-order chi connectivity index (χ1) is 4.70. The van der Waals surface area contributed by atoms with Crippen LogP contribution in [0.1, 0.15) is 19.8 Å². The van der Waals surface area contributed by atoms with E-state index >= 15 is 0 Å². The zero-order chi connectivity index (χ0) is 7.56. The molecule has 1 heterocycles. The lowest BCUT2D eigenvalue weighted by Gasteiger charge is -2.28. The Morgan fingerprint density at radius 2 is 2.40 bits per heavy atom. The van der Waals surface area contributed by atoms with E-state index in [1.54, 1.807) is 0 Å². The first-order valence-corrected chi connectivity index (χ1v) is 3.75. The predicted octanol–water partition coefficient (Wildman–Crippen LogP) is -0.127. The van der Waals surface area contributed by atoms with Crippen molar-refractivity contribution in [2.24, 2.45) is 5.73 Å². The second kappa shape index (κ2) is 3.32. The van der Waals surface area contributed by atoms with Gasteiger partial charge in [0.2, 0.25) is 0 Å². The lowest BCUT2D eigenvalue weighted by molar-refractivity contribution is -0.0512. The third kappa shape index (κ3) is 1.94. The van der Waals surface area contributed by atoms with Crippen LogP contribution in [0.25, 0.3) is 0 Å². The molecule has 0 aromatic carbocycles. The first-order valence-electron chi connectivity index (χ1n) is 3.75. The molecule has 0 spiro atoms. The molecule has 0 aliphatic carbocycles. The first kappa shape index (κ1) is 7.98. The fourth-order valence-electron chi connectivity index (χ4n) is 1.18. The van der Waals surface area contributed by atoms with Crippen molar-refractivity contribution in [1.82, 2.24) is 0 Å². The van der Waals surface area contributed by atoms with Gasteiger partial charge in [0.1, 0.15) is 0 Å². The van der Waals surface area contributed by atoms with E-state index in [0.29, 0.717) is 13.0 Å². The van der Waals surface area contributed by atoms with Gasteiger partial charge in [-0.1, -0.05) is 0 Å². The fraction of sp³-hybridized carbons (Fsp3) is 1.00. The van der Waals surface area contributed by atoms with Crippen LogP contribution in [0, 0.1) is 0 Å². The number of aliphatic hydroxyl groups is 1. The van der Waals surface area contributed by atoms with Crippen molar-refractivity contribution in [2.45, 2.75) is 38.0 Å². The van der Waals surface area contributed by atoms with Crippen molar-refractivity contribution in [2.75, 3.05) is 6.61 Å². The molecule has 10 heavy (non-hydrogen) atoms. The Morgan fingerprint density at radius 1 is 1.70 bits per heavy atom. The summed E-state index contributed by atoms with van der Waals surface area (Å²) in [5.74, 6) is 0. The number of aliphatic hydroxyl groups excluding tert-OH is 1. The summed E-state index contributed by atoms with van der Waals surface area (Å²) in [6.45, 7) is 2.55. The standard InChI is InChI=1S/C7H15NO2/c1-5(8)7-4-6(9)2-3-10-7/h5-7,9H,2-4,8H2,1H3. The molecule has 1 fully saturated rings. The summed E-state index contributed by atoms with van der Waals surface area (Å²) in [4.78, 5) is 0. The molecule has 1 saturated heterocycles. The van der Waals surface area contributed by atoms with Crippen LogP contribution < -0.4 is 5.73 Å². The van der Waals surface area contributed by atoms with Crippen molar-refractivity contribution in [3.8, 4) is 0 Å². The van der Waals surface area contributed by atoms with Crippen LogP contribution in [-0.4, -0.2) is 30.0 Å². The van der Waals surface area contributed by atoms with Gasteiger partial charge in [-0.2, -0.15) is 0 Å². The largest absolute Gasteiger partial charge is 0.393 e. The maximum absolute atomic E-state index is 9.19. The summed E-state index contributed by atoms with van der Waals surface area (Å²) in [5, 5.41) is 9.19. The molecule has 1 aliphatic heterocycles. The average Bonchev–Trinajstić information content (AvgIpc) is 1.88. The maximum atomic E-state index is 9.19. The van der Waals surface area contributed by atoms with Crippen LogP contribution in [0.15, 0.2) is 0 Å². The summed E-state index contributed by atoms with van der Waals surface area (Å²) in [6.07, 6.45) is 1.30. The summed E-state index contributed by atoms with van der Waals surface area (Å²) in [6, 6.07) is 0.0370. The quantitative estimate of drug-likeness (QED) is 0.540. The minimum atomic E-state index is -0.204. The van der Waals surface area contributed by atoms with E-state index in [4.69, 9.17) is 10.5 Å². The van der Waals surface area contributed by atoms with Gasteiger partial charge in [0.15, 0.2) is 0 Å². The number of nitrogens with two attached hydrogens (primary N) is 1. The van der Waals surface area contributed by atoms with Gasteiger partial charge < -0.3 is 15.6 Å². The van der Waals surface area contributed by atoms with E-state index in [-0.39, 0.29) is 18.2 Å². The highest BCUT2D eigenvalue weighted by Crippen LogP contribution is 2.15. The highest BCUT2D eigenvalue weighted by molar-refractivity contribution is 4.76. The summed E-state index contributed by atoms with van der Waals surface area (Å²) in [5.41, 5.74) is 5.59. The minimum Gasteiger partial charge on any atom is -0.393 e. The Labute approximate surface area is 61.2 Å². The Hall–Kier alpha value is -0.120. The van der Waals surface area contributed by atoms with E-state index in [9.17, 15) is 5.11 Å². The van der Waals surface area contributed by atoms with Crippen molar-refractivity contribution in [3.05, 3.63) is 0 Å². The van der Waals surface area contributed by atoms with Gasteiger partial charge in [-0.3, -0.25) is 0 Å².